The van der Waals surface area contributed by atoms with Gasteiger partial charge in [-0.1, -0.05) is 38.5 Å². The Morgan fingerprint density at radius 1 is 1.22 bits per heavy atom. The molecule has 0 aliphatic carbocycles. The molecule has 0 saturated carbocycles. The van der Waals surface area contributed by atoms with Gasteiger partial charge in [-0.25, -0.2) is 0 Å². The molecular formula is C15H23N3. The Hall–Kier alpha value is -1.35. The molecule has 1 heterocycles. The lowest BCUT2D eigenvalue weighted by Gasteiger charge is -2.21. The van der Waals surface area contributed by atoms with Crippen LogP contribution < -0.4 is 5.73 Å². The minimum absolute atomic E-state index is 0.270. The van der Waals surface area contributed by atoms with Crippen molar-refractivity contribution in [3.63, 3.8) is 0 Å². The largest absolute Gasteiger partial charge is 0.330 e. The summed E-state index contributed by atoms with van der Waals surface area (Å²) in [6.45, 7) is 6.22. The molecule has 3 nitrogen and oxygen atoms in total. The first-order chi connectivity index (χ1) is 8.62. The average molecular weight is 245 g/mol. The molecule has 0 fully saturated rings. The maximum absolute atomic E-state index is 5.74. The average Bonchev–Trinajstić information content (AvgIpc) is 2.78. The first-order valence-electron chi connectivity index (χ1n) is 6.73. The molecule has 0 bridgehead atoms. The van der Waals surface area contributed by atoms with Crippen LogP contribution in [0.25, 0.3) is 10.9 Å². The van der Waals surface area contributed by atoms with E-state index in [1.54, 1.807) is 0 Å². The first-order valence-corrected chi connectivity index (χ1v) is 6.73. The third-order valence-electron chi connectivity index (χ3n) is 3.58. The molecule has 0 atom stereocenters. The number of aromatic nitrogens is 2. The standard InChI is InChI=1S/C15H23N3/c1-15(2,12-16)9-5-6-10-18-14-8-4-3-7-13(14)11-17-18/h3-4,7-8,11H,5-6,9-10,12,16H2,1-2H3. The van der Waals surface area contributed by atoms with Crippen molar-refractivity contribution in [1.82, 2.24) is 9.78 Å². The maximum atomic E-state index is 5.74. The smallest absolute Gasteiger partial charge is 0.0682 e. The van der Waals surface area contributed by atoms with Gasteiger partial charge < -0.3 is 5.73 Å². The summed E-state index contributed by atoms with van der Waals surface area (Å²) in [5.74, 6) is 0. The lowest BCUT2D eigenvalue weighted by molar-refractivity contribution is 0.328. The fraction of sp³-hybridized carbons (Fsp3) is 0.533. The molecule has 1 aromatic heterocycles. The van der Waals surface area contributed by atoms with Crippen molar-refractivity contribution in [2.75, 3.05) is 6.54 Å². The predicted molar refractivity (Wildman–Crippen MR) is 76.4 cm³/mol. The number of hydrogen-bond acceptors (Lipinski definition) is 2. The Balaban J connectivity index is 1.87. The molecule has 18 heavy (non-hydrogen) atoms. The normalized spacial score (nSPS) is 12.2. The van der Waals surface area contributed by atoms with Crippen LogP contribution in [0.4, 0.5) is 0 Å². The van der Waals surface area contributed by atoms with Crippen molar-refractivity contribution in [2.24, 2.45) is 11.1 Å². The van der Waals surface area contributed by atoms with E-state index in [-0.39, 0.29) is 5.41 Å². The van der Waals surface area contributed by atoms with Gasteiger partial charge in [-0.15, -0.1) is 0 Å². The van der Waals surface area contributed by atoms with Gasteiger partial charge in [0.05, 0.1) is 11.7 Å². The van der Waals surface area contributed by atoms with E-state index in [0.717, 1.165) is 19.5 Å². The SMILES string of the molecule is CC(C)(CN)CCCCn1ncc2ccccc21. The molecule has 2 aromatic rings. The summed E-state index contributed by atoms with van der Waals surface area (Å²) in [5.41, 5.74) is 7.24. The molecule has 0 aliphatic heterocycles. The van der Waals surface area contributed by atoms with Crippen molar-refractivity contribution in [3.05, 3.63) is 30.5 Å². The third-order valence-corrected chi connectivity index (χ3v) is 3.58. The number of aryl methyl sites for hydroxylation is 1. The van der Waals surface area contributed by atoms with E-state index in [4.69, 9.17) is 5.73 Å². The molecule has 0 saturated heterocycles. The highest BCUT2D eigenvalue weighted by molar-refractivity contribution is 5.78. The topological polar surface area (TPSA) is 43.8 Å². The van der Waals surface area contributed by atoms with Gasteiger partial charge in [0.1, 0.15) is 0 Å². The van der Waals surface area contributed by atoms with Gasteiger partial charge in [0.2, 0.25) is 0 Å². The summed E-state index contributed by atoms with van der Waals surface area (Å²) in [4.78, 5) is 0. The van der Waals surface area contributed by atoms with Crippen LogP contribution in [0.1, 0.15) is 33.1 Å². The zero-order valence-corrected chi connectivity index (χ0v) is 11.4. The molecule has 0 unspecified atom stereocenters. The van der Waals surface area contributed by atoms with Gasteiger partial charge in [0.25, 0.3) is 0 Å². The van der Waals surface area contributed by atoms with E-state index in [1.807, 2.05) is 6.20 Å². The number of benzene rings is 1. The van der Waals surface area contributed by atoms with Gasteiger partial charge in [-0.05, 0) is 30.9 Å². The van der Waals surface area contributed by atoms with E-state index in [0.29, 0.717) is 0 Å². The summed E-state index contributed by atoms with van der Waals surface area (Å²) in [5, 5.41) is 5.66. The van der Waals surface area contributed by atoms with Crippen LogP contribution in [0.15, 0.2) is 30.5 Å². The summed E-state index contributed by atoms with van der Waals surface area (Å²) in [6.07, 6.45) is 5.50. The van der Waals surface area contributed by atoms with Gasteiger partial charge in [0, 0.05) is 11.9 Å². The van der Waals surface area contributed by atoms with E-state index in [1.165, 1.54) is 23.7 Å². The number of rotatable bonds is 6. The van der Waals surface area contributed by atoms with Gasteiger partial charge >= 0.3 is 0 Å². The maximum Gasteiger partial charge on any atom is 0.0682 e. The quantitative estimate of drug-likeness (QED) is 0.794. The summed E-state index contributed by atoms with van der Waals surface area (Å²) in [6, 6.07) is 8.36. The minimum atomic E-state index is 0.270. The Morgan fingerprint density at radius 3 is 2.78 bits per heavy atom. The number of para-hydroxylation sites is 1. The number of nitrogens with two attached hydrogens (primary N) is 1. The van der Waals surface area contributed by atoms with Crippen molar-refractivity contribution in [3.8, 4) is 0 Å². The van der Waals surface area contributed by atoms with Crippen molar-refractivity contribution < 1.29 is 0 Å². The molecule has 0 spiro atoms. The van der Waals surface area contributed by atoms with Gasteiger partial charge in [-0.3, -0.25) is 4.68 Å². The molecule has 98 valence electrons. The molecule has 2 N–H and O–H groups in total. The van der Waals surface area contributed by atoms with Crippen molar-refractivity contribution in [1.29, 1.82) is 0 Å². The van der Waals surface area contributed by atoms with Crippen LogP contribution in [-0.2, 0) is 6.54 Å². The monoisotopic (exact) mass is 245 g/mol. The van der Waals surface area contributed by atoms with Crippen LogP contribution >= 0.6 is 0 Å². The number of fused-ring (bicyclic) bond motifs is 1. The molecule has 3 heteroatoms. The van der Waals surface area contributed by atoms with E-state index < -0.39 is 0 Å². The molecule has 1 aromatic carbocycles. The Bertz CT molecular complexity index is 499. The second kappa shape index (κ2) is 5.53. The van der Waals surface area contributed by atoms with Crippen LogP contribution in [0, 0.1) is 5.41 Å². The Morgan fingerprint density at radius 2 is 2.00 bits per heavy atom. The van der Waals surface area contributed by atoms with E-state index in [9.17, 15) is 0 Å². The number of nitrogens with zero attached hydrogens (tertiary/aromatic N) is 2. The predicted octanol–water partition coefficient (Wildman–Crippen LogP) is 3.19. The zero-order chi connectivity index (χ0) is 13.0. The second-order valence-electron chi connectivity index (χ2n) is 5.75. The fourth-order valence-electron chi connectivity index (χ4n) is 2.17. The highest BCUT2D eigenvalue weighted by Gasteiger charge is 2.14. The highest BCUT2D eigenvalue weighted by atomic mass is 15.3. The first kappa shape index (κ1) is 13.1. The molecule has 0 radical (unpaired) electrons. The molecular weight excluding hydrogens is 222 g/mol. The Kier molecular flexibility index (Phi) is 4.02. The lowest BCUT2D eigenvalue weighted by atomic mass is 9.87. The molecule has 0 aliphatic rings. The Labute approximate surface area is 109 Å². The second-order valence-corrected chi connectivity index (χ2v) is 5.75. The van der Waals surface area contributed by atoms with Crippen molar-refractivity contribution >= 4 is 10.9 Å². The van der Waals surface area contributed by atoms with Gasteiger partial charge in [0.15, 0.2) is 0 Å². The summed E-state index contributed by atoms with van der Waals surface area (Å²) >= 11 is 0. The zero-order valence-electron chi connectivity index (χ0n) is 11.4. The van der Waals surface area contributed by atoms with Crippen LogP contribution in [0.5, 0.6) is 0 Å². The van der Waals surface area contributed by atoms with Crippen LogP contribution in [-0.4, -0.2) is 16.3 Å². The minimum Gasteiger partial charge on any atom is -0.330 e. The van der Waals surface area contributed by atoms with E-state index >= 15 is 0 Å². The summed E-state index contributed by atoms with van der Waals surface area (Å²) < 4.78 is 2.10. The fourth-order valence-corrected chi connectivity index (χ4v) is 2.17. The van der Waals surface area contributed by atoms with Gasteiger partial charge in [-0.2, -0.15) is 5.10 Å². The van der Waals surface area contributed by atoms with E-state index in [2.05, 4.69) is 47.9 Å². The summed E-state index contributed by atoms with van der Waals surface area (Å²) in [7, 11) is 0. The number of unbranched alkanes of at least 4 members (excludes halogenated alkanes) is 1. The number of hydrogen-bond donors (Lipinski definition) is 1. The molecule has 2 rings (SSSR count). The third kappa shape index (κ3) is 3.10. The lowest BCUT2D eigenvalue weighted by Crippen LogP contribution is -2.23. The molecule has 0 amide bonds. The van der Waals surface area contributed by atoms with Crippen LogP contribution in [0.2, 0.25) is 0 Å². The highest BCUT2D eigenvalue weighted by Crippen LogP contribution is 2.22. The van der Waals surface area contributed by atoms with Crippen molar-refractivity contribution in [2.45, 2.75) is 39.7 Å². The van der Waals surface area contributed by atoms with Crippen LogP contribution in [0.3, 0.4) is 0 Å².